The maximum absolute atomic E-state index is 12.8. The number of nitrogens with one attached hydrogen (secondary N) is 1. The van der Waals surface area contributed by atoms with Gasteiger partial charge < -0.3 is 19.1 Å². The molecule has 3 aromatic rings. The summed E-state index contributed by atoms with van der Waals surface area (Å²) >= 11 is 0. The minimum Gasteiger partial charge on any atom is -0.493 e. The van der Waals surface area contributed by atoms with Gasteiger partial charge in [0.15, 0.2) is 11.5 Å². The lowest BCUT2D eigenvalue weighted by atomic mass is 9.65. The van der Waals surface area contributed by atoms with Crippen molar-refractivity contribution in [3.63, 3.8) is 0 Å². The molecule has 1 spiro atoms. The van der Waals surface area contributed by atoms with Crippen LogP contribution in [0.15, 0.2) is 54.6 Å². The maximum atomic E-state index is 12.8. The lowest BCUT2D eigenvalue weighted by Crippen LogP contribution is -2.47. The Labute approximate surface area is 199 Å². The predicted molar refractivity (Wildman–Crippen MR) is 132 cm³/mol. The number of carbonyl (C=O) groups excluding carboxylic acids is 1. The van der Waals surface area contributed by atoms with Crippen molar-refractivity contribution in [2.24, 2.45) is 0 Å². The predicted octanol–water partition coefficient (Wildman–Crippen LogP) is 5.48. The average molecular weight is 459 g/mol. The minimum absolute atomic E-state index is 0.0202. The van der Waals surface area contributed by atoms with Gasteiger partial charge in [-0.25, -0.2) is 4.79 Å². The SMILES string of the molecule is COc1ccc2c3c1OC1CC(OC(=O)Nc4cccc5ccccc45)CCC31CCN(C)C2. The number of nitrogens with zero attached hydrogens (tertiary/aromatic N) is 1. The van der Waals surface area contributed by atoms with Crippen LogP contribution >= 0.6 is 0 Å². The Morgan fingerprint density at radius 2 is 1.97 bits per heavy atom. The summed E-state index contributed by atoms with van der Waals surface area (Å²) in [5, 5.41) is 5.04. The Morgan fingerprint density at radius 1 is 1.12 bits per heavy atom. The first-order valence-electron chi connectivity index (χ1n) is 12.1. The molecule has 34 heavy (non-hydrogen) atoms. The fourth-order valence-electron chi connectivity index (χ4n) is 6.21. The molecule has 6 heteroatoms. The second-order valence-electron chi connectivity index (χ2n) is 9.83. The van der Waals surface area contributed by atoms with Crippen LogP contribution in [0.3, 0.4) is 0 Å². The van der Waals surface area contributed by atoms with Crippen molar-refractivity contribution in [1.82, 2.24) is 4.90 Å². The molecule has 0 saturated heterocycles. The number of methoxy groups -OCH3 is 1. The molecule has 2 aliphatic heterocycles. The Hall–Kier alpha value is -3.25. The van der Waals surface area contributed by atoms with Crippen LogP contribution in [0.1, 0.15) is 36.8 Å². The highest BCUT2D eigenvalue weighted by molar-refractivity contribution is 6.00. The highest BCUT2D eigenvalue weighted by Gasteiger charge is 2.55. The number of ether oxygens (including phenoxy) is 3. The number of amides is 1. The first-order valence-corrected chi connectivity index (χ1v) is 12.1. The summed E-state index contributed by atoms with van der Waals surface area (Å²) in [6, 6.07) is 18.1. The van der Waals surface area contributed by atoms with Gasteiger partial charge in [-0.3, -0.25) is 5.32 Å². The molecule has 6 rings (SSSR count). The van der Waals surface area contributed by atoms with Gasteiger partial charge in [-0.05, 0) is 55.9 Å². The van der Waals surface area contributed by atoms with Gasteiger partial charge in [-0.2, -0.15) is 0 Å². The Bertz CT molecular complexity index is 1250. The second kappa shape index (κ2) is 8.20. The molecular formula is C28H30N2O4. The molecule has 3 atom stereocenters. The first kappa shape index (κ1) is 21.3. The van der Waals surface area contributed by atoms with Crippen LogP contribution in [0.5, 0.6) is 11.5 Å². The number of anilines is 1. The van der Waals surface area contributed by atoms with Crippen molar-refractivity contribution in [1.29, 1.82) is 0 Å². The topological polar surface area (TPSA) is 60.0 Å². The van der Waals surface area contributed by atoms with E-state index in [4.69, 9.17) is 14.2 Å². The van der Waals surface area contributed by atoms with Gasteiger partial charge in [0.25, 0.3) is 0 Å². The van der Waals surface area contributed by atoms with E-state index in [1.807, 2.05) is 48.5 Å². The fraction of sp³-hybridized carbons (Fsp3) is 0.393. The van der Waals surface area contributed by atoms with Gasteiger partial charge >= 0.3 is 6.09 Å². The third-order valence-corrected chi connectivity index (χ3v) is 7.87. The molecule has 0 radical (unpaired) electrons. The summed E-state index contributed by atoms with van der Waals surface area (Å²) in [5.41, 5.74) is 3.36. The van der Waals surface area contributed by atoms with E-state index >= 15 is 0 Å². The molecule has 2 heterocycles. The summed E-state index contributed by atoms with van der Waals surface area (Å²) in [7, 11) is 3.87. The van der Waals surface area contributed by atoms with E-state index in [0.717, 1.165) is 60.3 Å². The normalized spacial score (nSPS) is 25.6. The third-order valence-electron chi connectivity index (χ3n) is 7.87. The molecule has 3 unspecified atom stereocenters. The van der Waals surface area contributed by atoms with Crippen LogP contribution in [0.25, 0.3) is 10.8 Å². The van der Waals surface area contributed by atoms with E-state index in [2.05, 4.69) is 23.3 Å². The number of rotatable bonds is 3. The van der Waals surface area contributed by atoms with E-state index in [-0.39, 0.29) is 17.6 Å². The van der Waals surface area contributed by atoms with Crippen molar-refractivity contribution in [2.45, 2.75) is 49.9 Å². The van der Waals surface area contributed by atoms with Crippen LogP contribution in [0.2, 0.25) is 0 Å². The smallest absolute Gasteiger partial charge is 0.411 e. The monoisotopic (exact) mass is 458 g/mol. The Balaban J connectivity index is 1.22. The highest BCUT2D eigenvalue weighted by Crippen LogP contribution is 2.57. The largest absolute Gasteiger partial charge is 0.493 e. The van der Waals surface area contributed by atoms with Crippen molar-refractivity contribution < 1.29 is 19.0 Å². The van der Waals surface area contributed by atoms with Crippen LogP contribution in [-0.2, 0) is 16.7 Å². The molecule has 0 aromatic heterocycles. The average Bonchev–Trinajstić information content (AvgIpc) is 3.10. The number of fused-ring (bicyclic) bond motifs is 1. The standard InChI is InChI=1S/C28H30N2O4/c1-30-15-14-28-13-12-20(16-24(28)34-26-23(32-2)11-10-19(17-30)25(26)28)33-27(31)29-22-9-5-7-18-6-3-4-8-21(18)22/h3-11,20,24H,12-17H2,1-2H3,(H,29,31). The molecule has 3 aliphatic rings. The molecule has 1 fully saturated rings. The maximum Gasteiger partial charge on any atom is 0.411 e. The molecule has 176 valence electrons. The molecule has 1 saturated carbocycles. The van der Waals surface area contributed by atoms with E-state index in [1.165, 1.54) is 11.1 Å². The molecule has 6 nitrogen and oxygen atoms in total. The molecular weight excluding hydrogens is 428 g/mol. The summed E-state index contributed by atoms with van der Waals surface area (Å²) in [4.78, 5) is 15.2. The zero-order valence-electron chi connectivity index (χ0n) is 19.7. The number of hydrogen-bond donors (Lipinski definition) is 1. The second-order valence-corrected chi connectivity index (χ2v) is 9.83. The third kappa shape index (κ3) is 3.40. The molecule has 1 N–H and O–H groups in total. The number of carbonyl (C=O) groups is 1. The summed E-state index contributed by atoms with van der Waals surface area (Å²) in [6.07, 6.45) is 2.86. The quantitative estimate of drug-likeness (QED) is 0.563. The van der Waals surface area contributed by atoms with E-state index in [0.29, 0.717) is 6.42 Å². The molecule has 1 amide bonds. The zero-order valence-corrected chi connectivity index (χ0v) is 19.7. The summed E-state index contributed by atoms with van der Waals surface area (Å²) < 4.78 is 18.2. The number of hydrogen-bond acceptors (Lipinski definition) is 5. The van der Waals surface area contributed by atoms with Crippen molar-refractivity contribution in [3.8, 4) is 11.5 Å². The van der Waals surface area contributed by atoms with Crippen LogP contribution in [-0.4, -0.2) is 43.9 Å². The van der Waals surface area contributed by atoms with Crippen molar-refractivity contribution in [3.05, 3.63) is 65.7 Å². The van der Waals surface area contributed by atoms with Gasteiger partial charge in [-0.1, -0.05) is 42.5 Å². The van der Waals surface area contributed by atoms with Gasteiger partial charge in [0.1, 0.15) is 12.2 Å². The fourth-order valence-corrected chi connectivity index (χ4v) is 6.21. The number of benzene rings is 3. The summed E-state index contributed by atoms with van der Waals surface area (Å²) in [5.74, 6) is 1.68. The lowest BCUT2D eigenvalue weighted by molar-refractivity contribution is 0.00439. The first-order chi connectivity index (χ1) is 16.6. The Kier molecular flexibility index (Phi) is 5.14. The molecule has 3 aromatic carbocycles. The van der Waals surface area contributed by atoms with Crippen LogP contribution < -0.4 is 14.8 Å². The lowest BCUT2D eigenvalue weighted by Gasteiger charge is -2.41. The van der Waals surface area contributed by atoms with E-state index in [1.54, 1.807) is 7.11 Å². The molecule has 1 aliphatic carbocycles. The van der Waals surface area contributed by atoms with Crippen molar-refractivity contribution in [2.75, 3.05) is 26.0 Å². The van der Waals surface area contributed by atoms with Gasteiger partial charge in [0.2, 0.25) is 0 Å². The zero-order chi connectivity index (χ0) is 23.3. The highest BCUT2D eigenvalue weighted by atomic mass is 16.6. The van der Waals surface area contributed by atoms with Crippen molar-refractivity contribution >= 4 is 22.6 Å². The summed E-state index contributed by atoms with van der Waals surface area (Å²) in [6.45, 7) is 1.93. The van der Waals surface area contributed by atoms with Gasteiger partial charge in [0, 0.05) is 29.3 Å². The van der Waals surface area contributed by atoms with Crippen LogP contribution in [0.4, 0.5) is 10.5 Å². The van der Waals surface area contributed by atoms with Gasteiger partial charge in [0.05, 0.1) is 12.8 Å². The Morgan fingerprint density at radius 3 is 2.85 bits per heavy atom. The van der Waals surface area contributed by atoms with Crippen LogP contribution in [0, 0.1) is 0 Å². The van der Waals surface area contributed by atoms with E-state index < -0.39 is 6.09 Å². The minimum atomic E-state index is -0.410. The van der Waals surface area contributed by atoms with E-state index in [9.17, 15) is 4.79 Å². The molecule has 0 bridgehead atoms. The van der Waals surface area contributed by atoms with Gasteiger partial charge in [-0.15, -0.1) is 0 Å².